The van der Waals surface area contributed by atoms with Crippen LogP contribution in [0, 0.1) is 0 Å². The molecule has 0 unspecified atom stereocenters. The Hall–Kier alpha value is -4.44. The molecular formula is C27H28N6O4. The lowest BCUT2D eigenvalue weighted by atomic mass is 10.1. The van der Waals surface area contributed by atoms with Gasteiger partial charge in [0.15, 0.2) is 12.2 Å². The van der Waals surface area contributed by atoms with Crippen molar-refractivity contribution in [3.8, 4) is 11.3 Å². The second kappa shape index (κ2) is 11.1. The quantitative estimate of drug-likeness (QED) is 0.360. The first-order valence-electron chi connectivity index (χ1n) is 12.2. The number of oxazole rings is 1. The number of aliphatic hydroxyl groups excluding tert-OH is 1. The van der Waals surface area contributed by atoms with Crippen LogP contribution >= 0.6 is 0 Å². The molecule has 4 aromatic rings. The molecule has 0 saturated carbocycles. The van der Waals surface area contributed by atoms with E-state index in [9.17, 15) is 9.90 Å². The third-order valence-corrected chi connectivity index (χ3v) is 6.07. The van der Waals surface area contributed by atoms with Gasteiger partial charge in [0.25, 0.3) is 0 Å². The van der Waals surface area contributed by atoms with E-state index in [1.165, 1.54) is 6.39 Å². The van der Waals surface area contributed by atoms with E-state index < -0.39 is 0 Å². The van der Waals surface area contributed by atoms with Gasteiger partial charge in [0, 0.05) is 42.0 Å². The highest BCUT2D eigenvalue weighted by Gasteiger charge is 2.29. The largest absolute Gasteiger partial charge is 0.450 e. The van der Waals surface area contributed by atoms with Crippen LogP contribution in [0.1, 0.15) is 18.2 Å². The van der Waals surface area contributed by atoms with Crippen molar-refractivity contribution >= 4 is 29.2 Å². The molecule has 1 aliphatic heterocycles. The molecule has 1 amide bonds. The van der Waals surface area contributed by atoms with Crippen molar-refractivity contribution in [3.63, 3.8) is 0 Å². The molecule has 0 saturated heterocycles. The zero-order valence-electron chi connectivity index (χ0n) is 20.5. The average molecular weight is 501 g/mol. The number of amides is 1. The van der Waals surface area contributed by atoms with Gasteiger partial charge in [-0.1, -0.05) is 18.2 Å². The molecule has 0 bridgehead atoms. The van der Waals surface area contributed by atoms with Crippen molar-refractivity contribution < 1.29 is 19.1 Å². The first-order chi connectivity index (χ1) is 18.2. The lowest BCUT2D eigenvalue weighted by molar-refractivity contribution is 0.102. The fourth-order valence-corrected chi connectivity index (χ4v) is 4.32. The summed E-state index contributed by atoms with van der Waals surface area (Å²) in [6, 6.07) is 17.5. The summed E-state index contributed by atoms with van der Waals surface area (Å²) in [5, 5.41) is 13.2. The monoisotopic (exact) mass is 500 g/mol. The van der Waals surface area contributed by atoms with Gasteiger partial charge in [-0.3, -0.25) is 0 Å². The number of hydrogen-bond acceptors (Lipinski definition) is 9. The standard InChI is InChI=1S/C27H28N6O4/c1-2-36-27(35)32-13-12-23-22(17-32)25(33(14-15-34)21-6-4-3-5-7-21)31-26(30-23)29-20-10-8-19(9-11-20)24-16-28-18-37-24/h3-11,16,18,34H,2,12-15,17H2,1H3,(H,29,30,31). The van der Waals surface area contributed by atoms with Crippen LogP contribution in [0.2, 0.25) is 0 Å². The fraction of sp³-hybridized carbons (Fsp3) is 0.259. The average Bonchev–Trinajstić information content (AvgIpc) is 3.47. The third-order valence-electron chi connectivity index (χ3n) is 6.07. The molecule has 2 N–H and O–H groups in total. The van der Waals surface area contributed by atoms with E-state index in [1.54, 1.807) is 18.0 Å². The predicted molar refractivity (Wildman–Crippen MR) is 139 cm³/mol. The van der Waals surface area contributed by atoms with Crippen molar-refractivity contribution in [2.45, 2.75) is 19.9 Å². The molecule has 0 radical (unpaired) electrons. The maximum Gasteiger partial charge on any atom is 0.410 e. The van der Waals surface area contributed by atoms with E-state index in [0.717, 1.165) is 28.2 Å². The van der Waals surface area contributed by atoms with Crippen molar-refractivity contribution in [2.75, 3.05) is 36.5 Å². The van der Waals surface area contributed by atoms with Crippen LogP contribution in [0.3, 0.4) is 0 Å². The highest BCUT2D eigenvalue weighted by Crippen LogP contribution is 2.33. The summed E-state index contributed by atoms with van der Waals surface area (Å²) in [7, 11) is 0. The Morgan fingerprint density at radius 1 is 1.16 bits per heavy atom. The molecule has 2 aromatic carbocycles. The maximum absolute atomic E-state index is 12.5. The number of carbonyl (C=O) groups is 1. The van der Waals surface area contributed by atoms with Crippen molar-refractivity contribution in [1.82, 2.24) is 19.9 Å². The summed E-state index contributed by atoms with van der Waals surface area (Å²) in [6.07, 6.45) is 3.27. The van der Waals surface area contributed by atoms with Crippen LogP contribution in [0.4, 0.5) is 27.9 Å². The normalized spacial score (nSPS) is 12.6. The molecule has 2 aromatic heterocycles. The first kappa shape index (κ1) is 24.3. The summed E-state index contributed by atoms with van der Waals surface area (Å²) < 4.78 is 10.6. The number of aliphatic hydroxyl groups is 1. The molecule has 3 heterocycles. The zero-order valence-corrected chi connectivity index (χ0v) is 20.5. The van der Waals surface area contributed by atoms with Gasteiger partial charge < -0.3 is 29.4 Å². The van der Waals surface area contributed by atoms with Crippen LogP contribution in [-0.2, 0) is 17.7 Å². The minimum absolute atomic E-state index is 0.0683. The predicted octanol–water partition coefficient (Wildman–Crippen LogP) is 4.52. The summed E-state index contributed by atoms with van der Waals surface area (Å²) in [4.78, 5) is 29.7. The fourth-order valence-electron chi connectivity index (χ4n) is 4.32. The number of nitrogens with one attached hydrogen (secondary N) is 1. The van der Waals surface area contributed by atoms with Crippen molar-refractivity contribution in [3.05, 3.63) is 78.4 Å². The minimum Gasteiger partial charge on any atom is -0.450 e. The van der Waals surface area contributed by atoms with Gasteiger partial charge in [-0.25, -0.2) is 14.8 Å². The number of nitrogens with zero attached hydrogens (tertiary/aromatic N) is 5. The highest BCUT2D eigenvalue weighted by atomic mass is 16.6. The van der Waals surface area contributed by atoms with Crippen LogP contribution in [0.5, 0.6) is 0 Å². The summed E-state index contributed by atoms with van der Waals surface area (Å²) in [5.41, 5.74) is 4.29. The van der Waals surface area contributed by atoms with Gasteiger partial charge in [-0.05, 0) is 43.3 Å². The van der Waals surface area contributed by atoms with E-state index in [1.807, 2.05) is 59.5 Å². The molecule has 10 nitrogen and oxygen atoms in total. The van der Waals surface area contributed by atoms with Crippen LogP contribution in [-0.4, -0.2) is 57.4 Å². The number of hydrogen-bond donors (Lipinski definition) is 2. The number of para-hydroxylation sites is 1. The summed E-state index contributed by atoms with van der Waals surface area (Å²) >= 11 is 0. The number of rotatable bonds is 8. The molecule has 0 aliphatic carbocycles. The second-order valence-corrected chi connectivity index (χ2v) is 8.45. The van der Waals surface area contributed by atoms with E-state index >= 15 is 0 Å². The second-order valence-electron chi connectivity index (χ2n) is 8.45. The molecule has 0 atom stereocenters. The lowest BCUT2D eigenvalue weighted by Crippen LogP contribution is -2.38. The number of ether oxygens (including phenoxy) is 1. The zero-order chi connectivity index (χ0) is 25.6. The Kier molecular flexibility index (Phi) is 7.27. The number of carbonyl (C=O) groups excluding carboxylic acids is 1. The smallest absolute Gasteiger partial charge is 0.410 e. The summed E-state index contributed by atoms with van der Waals surface area (Å²) in [6.45, 7) is 3.19. The van der Waals surface area contributed by atoms with Gasteiger partial charge >= 0.3 is 6.09 Å². The topological polar surface area (TPSA) is 117 Å². The molecule has 1 aliphatic rings. The molecule has 10 heteroatoms. The van der Waals surface area contributed by atoms with Gasteiger partial charge in [-0.15, -0.1) is 0 Å². The van der Waals surface area contributed by atoms with E-state index in [2.05, 4.69) is 10.3 Å². The number of aromatic nitrogens is 3. The first-order valence-corrected chi connectivity index (χ1v) is 12.2. The Morgan fingerprint density at radius 3 is 2.68 bits per heavy atom. The molecule has 0 spiro atoms. The van der Waals surface area contributed by atoms with Gasteiger partial charge in [0.05, 0.1) is 31.6 Å². The van der Waals surface area contributed by atoms with Crippen LogP contribution in [0.25, 0.3) is 11.3 Å². The minimum atomic E-state index is -0.360. The lowest BCUT2D eigenvalue weighted by Gasteiger charge is -2.32. The Morgan fingerprint density at radius 2 is 1.97 bits per heavy atom. The van der Waals surface area contributed by atoms with E-state index in [0.29, 0.717) is 50.2 Å². The van der Waals surface area contributed by atoms with Gasteiger partial charge in [-0.2, -0.15) is 4.98 Å². The van der Waals surface area contributed by atoms with Crippen molar-refractivity contribution in [2.24, 2.45) is 0 Å². The molecule has 37 heavy (non-hydrogen) atoms. The van der Waals surface area contributed by atoms with Crippen molar-refractivity contribution in [1.29, 1.82) is 0 Å². The van der Waals surface area contributed by atoms with Gasteiger partial charge in [0.1, 0.15) is 5.82 Å². The molecule has 5 rings (SSSR count). The third kappa shape index (κ3) is 5.39. The summed E-state index contributed by atoms with van der Waals surface area (Å²) in [5.74, 6) is 1.76. The number of benzene rings is 2. The Bertz CT molecular complexity index is 1330. The van der Waals surface area contributed by atoms with Gasteiger partial charge in [0.2, 0.25) is 5.95 Å². The SMILES string of the molecule is CCOC(=O)N1CCc2nc(Nc3ccc(-c4cnco4)cc3)nc(N(CCO)c3ccccc3)c2C1. The number of fused-ring (bicyclic) bond motifs is 1. The Balaban J connectivity index is 1.51. The van der Waals surface area contributed by atoms with Crippen LogP contribution < -0.4 is 10.2 Å². The maximum atomic E-state index is 12.5. The Labute approximate surface area is 214 Å². The highest BCUT2D eigenvalue weighted by molar-refractivity contribution is 5.71. The van der Waals surface area contributed by atoms with E-state index in [-0.39, 0.29) is 12.7 Å². The number of anilines is 4. The van der Waals surface area contributed by atoms with Crippen LogP contribution in [0.15, 0.2) is 71.6 Å². The molecule has 0 fully saturated rings. The molecular weight excluding hydrogens is 472 g/mol. The van der Waals surface area contributed by atoms with E-state index in [4.69, 9.17) is 19.1 Å². The molecule has 190 valence electrons.